The van der Waals surface area contributed by atoms with Gasteiger partial charge < -0.3 is 30.3 Å². The highest BCUT2D eigenvalue weighted by Crippen LogP contribution is 2.31. The van der Waals surface area contributed by atoms with Crippen molar-refractivity contribution in [1.29, 1.82) is 0 Å². The summed E-state index contributed by atoms with van der Waals surface area (Å²) in [7, 11) is 0. The van der Waals surface area contributed by atoms with Crippen LogP contribution in [0.25, 0.3) is 78.6 Å². The molecule has 0 amide bonds. The number of imidazole rings is 3. The summed E-state index contributed by atoms with van der Waals surface area (Å²) in [4.78, 5) is 25.7. The quantitative estimate of drug-likeness (QED) is 0.0630. The van der Waals surface area contributed by atoms with Gasteiger partial charge in [-0.3, -0.25) is 0 Å². The van der Waals surface area contributed by atoms with Gasteiger partial charge in [-0.1, -0.05) is 175 Å². The summed E-state index contributed by atoms with van der Waals surface area (Å²) in [5.74, 6) is 3.40. The number of aliphatic hydroxyl groups is 1. The van der Waals surface area contributed by atoms with Gasteiger partial charge in [-0.05, 0) is 176 Å². The Bertz CT molecular complexity index is 4140. The first-order valence-electron chi connectivity index (χ1n) is 28.3. The number of aliphatic hydroxyl groups excluding tert-OH is 1. The number of phenols is 2. The van der Waals surface area contributed by atoms with Gasteiger partial charge in [0, 0.05) is 17.7 Å². The second kappa shape index (κ2) is 25.5. The van der Waals surface area contributed by atoms with E-state index in [4.69, 9.17) is 9.97 Å². The molecule has 3 aromatic heterocycles. The zero-order valence-corrected chi connectivity index (χ0v) is 49.2. The minimum Gasteiger partial charge on any atom is -0.508 e. The first kappa shape index (κ1) is 57.3. The second-order valence-electron chi connectivity index (χ2n) is 23.1. The van der Waals surface area contributed by atoms with Crippen LogP contribution < -0.4 is 0 Å². The van der Waals surface area contributed by atoms with Gasteiger partial charge in [-0.2, -0.15) is 0 Å². The molecule has 0 bridgehead atoms. The number of hydrogen-bond acceptors (Lipinski definition) is 7. The number of benzene rings is 9. The van der Waals surface area contributed by atoms with Gasteiger partial charge >= 0.3 is 0 Å². The second-order valence-corrected chi connectivity index (χ2v) is 24.0. The van der Waals surface area contributed by atoms with Crippen LogP contribution in [0.2, 0.25) is 0 Å². The molecule has 0 spiro atoms. The van der Waals surface area contributed by atoms with Crippen molar-refractivity contribution in [1.82, 2.24) is 29.9 Å². The van der Waals surface area contributed by atoms with E-state index >= 15 is 0 Å². The molecule has 12 aromatic rings. The Morgan fingerprint density at radius 2 is 0.928 bits per heavy atom. The number of H-pyrrole nitrogens is 3. The molecule has 0 atom stereocenters. The molecule has 418 valence electrons. The maximum absolute atomic E-state index is 9.71. The third kappa shape index (κ3) is 14.8. The van der Waals surface area contributed by atoms with Crippen LogP contribution in [-0.2, 0) is 43.1 Å². The van der Waals surface area contributed by atoms with E-state index in [0.717, 1.165) is 121 Å². The van der Waals surface area contributed by atoms with Crippen LogP contribution >= 0.6 is 11.8 Å². The van der Waals surface area contributed by atoms with Crippen LogP contribution in [0.3, 0.4) is 0 Å². The van der Waals surface area contributed by atoms with Crippen LogP contribution in [0, 0.1) is 0 Å². The number of nitrogens with one attached hydrogen (secondary N) is 3. The highest BCUT2D eigenvalue weighted by Gasteiger charge is 2.15. The average Bonchev–Trinajstić information content (AvgIpc) is 4.25. The molecule has 0 fully saturated rings. The largest absolute Gasteiger partial charge is 0.508 e. The molecule has 9 aromatic carbocycles. The Labute approximate surface area is 491 Å². The van der Waals surface area contributed by atoms with Crippen molar-refractivity contribution in [2.75, 3.05) is 6.26 Å². The standard InChI is InChI=1S/2C25H26N2O.C23H20N2OS/c1-25(2,3)20-10-4-17(5-11-20)6-15-24-26-22-14-9-19(16-23(22)27-24)18-7-12-21(28)13-8-18;1-25(2,3)20-11-7-17(8-12-20)9-14-24-26-22-13-10-19(16-23(22)27-24)18-5-4-6-21(28)15-18;1-27-19-10-6-16(7-11-19)8-13-23-24-21-12-9-17(14-22(21)25-23)20-5-3-2-4-18(20)15-26/h4-5,7-14,16,28H,6,15H2,1-3H3,(H,26,27);4-8,10-13,15-16,28H,9,14H2,1-3H3,(H,26,27);2-14,26H,15H2,1H3,(H,24,25)/b;;13-8+. The SMILES string of the molecule is CC(C)(C)c1ccc(CCc2nc3ccc(-c4ccc(O)cc4)cc3[nH]2)cc1.CC(C)(C)c1ccc(CCc2nc3ccc(-c4cccc(O)c4)cc3[nH]2)cc1.CSc1ccc(/C=C/c2nc3ccc(-c4ccccc4CO)cc3[nH]2)cc1. The van der Waals surface area contributed by atoms with E-state index in [2.05, 4.69) is 177 Å². The summed E-state index contributed by atoms with van der Waals surface area (Å²) in [6.07, 6.45) is 9.83. The lowest BCUT2D eigenvalue weighted by Crippen LogP contribution is -2.10. The van der Waals surface area contributed by atoms with E-state index < -0.39 is 0 Å². The lowest BCUT2D eigenvalue weighted by atomic mass is 9.86. The number of nitrogens with zero attached hydrogens (tertiary/aromatic N) is 3. The van der Waals surface area contributed by atoms with Gasteiger partial charge in [0.25, 0.3) is 0 Å². The predicted octanol–water partition coefficient (Wildman–Crippen LogP) is 17.7. The summed E-state index contributed by atoms with van der Waals surface area (Å²) in [6, 6.07) is 67.4. The topological polar surface area (TPSA) is 147 Å². The number of phenolic OH excluding ortho intramolecular Hbond substituents is 2. The summed E-state index contributed by atoms with van der Waals surface area (Å²) < 4.78 is 0. The minimum absolute atomic E-state index is 0.0283. The van der Waals surface area contributed by atoms with Crippen molar-refractivity contribution in [2.24, 2.45) is 0 Å². The molecule has 0 aliphatic heterocycles. The number of fused-ring (bicyclic) bond motifs is 3. The molecular weight excluding hydrogens is 1040 g/mol. The molecule has 10 heteroatoms. The van der Waals surface area contributed by atoms with Crippen LogP contribution in [0.15, 0.2) is 205 Å². The Hall–Kier alpha value is -8.96. The van der Waals surface area contributed by atoms with E-state index in [1.807, 2.05) is 78.9 Å². The number of hydrogen-bond donors (Lipinski definition) is 6. The fourth-order valence-electron chi connectivity index (χ4n) is 10.0. The number of thioether (sulfide) groups is 1. The third-order valence-corrected chi connectivity index (χ3v) is 15.7. The molecule has 6 N–H and O–H groups in total. The van der Waals surface area contributed by atoms with Crippen LogP contribution in [0.1, 0.15) is 92.4 Å². The molecule has 0 radical (unpaired) electrons. The number of aromatic nitrogens is 6. The molecule has 0 unspecified atom stereocenters. The maximum Gasteiger partial charge on any atom is 0.131 e. The number of aromatic amines is 3. The third-order valence-electron chi connectivity index (χ3n) is 14.9. The van der Waals surface area contributed by atoms with Gasteiger partial charge in [-0.25, -0.2) is 15.0 Å². The molecular formula is C73H72N6O3S. The van der Waals surface area contributed by atoms with E-state index in [1.165, 1.54) is 27.1 Å². The Morgan fingerprint density at radius 3 is 1.47 bits per heavy atom. The molecule has 12 rings (SSSR count). The Kier molecular flexibility index (Phi) is 17.6. The summed E-state index contributed by atoms with van der Waals surface area (Å²) >= 11 is 1.74. The molecule has 0 saturated carbocycles. The number of aromatic hydroxyl groups is 2. The van der Waals surface area contributed by atoms with Crippen molar-refractivity contribution < 1.29 is 15.3 Å². The summed E-state index contributed by atoms with van der Waals surface area (Å²) in [6.45, 7) is 13.5. The minimum atomic E-state index is 0.0283. The average molecular weight is 1110 g/mol. The molecule has 83 heavy (non-hydrogen) atoms. The predicted molar refractivity (Wildman–Crippen MR) is 346 cm³/mol. The van der Waals surface area contributed by atoms with Crippen LogP contribution in [-0.4, -0.2) is 51.5 Å². The zero-order chi connectivity index (χ0) is 58.1. The highest BCUT2D eigenvalue weighted by molar-refractivity contribution is 7.98. The van der Waals surface area contributed by atoms with Gasteiger partial charge in [0.1, 0.15) is 29.0 Å². The van der Waals surface area contributed by atoms with Crippen molar-refractivity contribution in [3.63, 3.8) is 0 Å². The molecule has 3 heterocycles. The smallest absolute Gasteiger partial charge is 0.131 e. The maximum atomic E-state index is 9.71. The number of rotatable bonds is 13. The molecule has 9 nitrogen and oxygen atoms in total. The number of aryl methyl sites for hydroxylation is 4. The highest BCUT2D eigenvalue weighted by atomic mass is 32.2. The van der Waals surface area contributed by atoms with Gasteiger partial charge in [0.2, 0.25) is 0 Å². The van der Waals surface area contributed by atoms with E-state index in [9.17, 15) is 15.3 Å². The fourth-order valence-corrected chi connectivity index (χ4v) is 10.4. The van der Waals surface area contributed by atoms with Crippen molar-refractivity contribution in [2.45, 2.75) is 89.6 Å². The monoisotopic (exact) mass is 1110 g/mol. The molecule has 0 aliphatic rings. The van der Waals surface area contributed by atoms with Gasteiger partial charge in [0.05, 0.1) is 39.7 Å². The first-order valence-corrected chi connectivity index (χ1v) is 29.5. The van der Waals surface area contributed by atoms with Crippen molar-refractivity contribution >= 4 is 57.0 Å². The van der Waals surface area contributed by atoms with Crippen molar-refractivity contribution in [3.05, 3.63) is 251 Å². The lowest BCUT2D eigenvalue weighted by Gasteiger charge is -2.19. The molecule has 0 aliphatic carbocycles. The fraction of sp³-hybridized carbons (Fsp3) is 0.192. The lowest BCUT2D eigenvalue weighted by molar-refractivity contribution is 0.282. The summed E-state index contributed by atoms with van der Waals surface area (Å²) in [5.41, 5.74) is 20.1. The van der Waals surface area contributed by atoms with E-state index in [0.29, 0.717) is 0 Å². The van der Waals surface area contributed by atoms with Gasteiger partial charge in [0.15, 0.2) is 0 Å². The van der Waals surface area contributed by atoms with E-state index in [1.54, 1.807) is 36.0 Å². The summed E-state index contributed by atoms with van der Waals surface area (Å²) in [5, 5.41) is 28.8. The Balaban J connectivity index is 0.000000139. The normalized spacial score (nSPS) is 11.7. The molecule has 0 saturated heterocycles. The zero-order valence-electron chi connectivity index (χ0n) is 48.3. The van der Waals surface area contributed by atoms with Crippen LogP contribution in [0.5, 0.6) is 11.5 Å². The van der Waals surface area contributed by atoms with Crippen LogP contribution in [0.4, 0.5) is 0 Å². The Morgan fingerprint density at radius 1 is 0.434 bits per heavy atom. The first-order chi connectivity index (χ1) is 40.0. The van der Waals surface area contributed by atoms with Gasteiger partial charge in [-0.15, -0.1) is 11.8 Å². The van der Waals surface area contributed by atoms with E-state index in [-0.39, 0.29) is 28.9 Å². The van der Waals surface area contributed by atoms with Crippen molar-refractivity contribution in [3.8, 4) is 44.9 Å².